The molecule has 0 spiro atoms. The average molecular weight is 156 g/mol. The maximum atomic E-state index is 10.6. The second-order valence-electron chi connectivity index (χ2n) is 2.06. The van der Waals surface area contributed by atoms with Crippen LogP contribution in [0.2, 0.25) is 0 Å². The van der Waals surface area contributed by atoms with E-state index in [2.05, 4.69) is 4.74 Å². The molecule has 0 saturated carbocycles. The molecular weight excluding hydrogens is 144 g/mol. The number of Topliss-reactive ketones (excluding diaryl/α,β-unsaturated/α-hetero) is 1. The Bertz CT molecular complexity index is 170. The number of ether oxygens (including phenoxy) is 1. The van der Waals surface area contributed by atoms with Gasteiger partial charge in [-0.15, -0.1) is 0 Å². The van der Waals surface area contributed by atoms with Crippen LogP contribution in [0.5, 0.6) is 0 Å². The highest BCUT2D eigenvalue weighted by atomic mass is 16.5. The number of carbonyl (C=O) groups excluding carboxylic acids is 2. The second kappa shape index (κ2) is 5.65. The molecule has 0 aromatic heterocycles. The third-order valence-corrected chi connectivity index (χ3v) is 0.946. The summed E-state index contributed by atoms with van der Waals surface area (Å²) in [6.07, 6.45) is 3.06. The Kier molecular flexibility index (Phi) is 5.07. The van der Waals surface area contributed by atoms with Gasteiger partial charge in [-0.05, 0) is 13.8 Å². The van der Waals surface area contributed by atoms with Crippen LogP contribution in [0.1, 0.15) is 20.3 Å². The van der Waals surface area contributed by atoms with Crippen LogP contribution in [0.25, 0.3) is 0 Å². The summed E-state index contributed by atoms with van der Waals surface area (Å²) in [5.41, 5.74) is 0. The van der Waals surface area contributed by atoms with Gasteiger partial charge in [0.05, 0.1) is 6.61 Å². The van der Waals surface area contributed by atoms with Crippen molar-refractivity contribution in [3.63, 3.8) is 0 Å². The van der Waals surface area contributed by atoms with E-state index in [0.29, 0.717) is 13.0 Å². The number of hydrogen-bond donors (Lipinski definition) is 0. The smallest absolute Gasteiger partial charge is 0.330 e. The summed E-state index contributed by atoms with van der Waals surface area (Å²) < 4.78 is 4.59. The second-order valence-corrected chi connectivity index (χ2v) is 2.06. The molecule has 0 N–H and O–H groups in total. The zero-order valence-electron chi connectivity index (χ0n) is 6.79. The largest absolute Gasteiger partial charge is 0.463 e. The molecule has 0 fully saturated rings. The molecule has 0 atom stereocenters. The fourth-order valence-corrected chi connectivity index (χ4v) is 0.511. The molecule has 0 aliphatic rings. The highest BCUT2D eigenvalue weighted by Crippen LogP contribution is 1.86. The molecule has 0 amide bonds. The zero-order chi connectivity index (χ0) is 8.69. The van der Waals surface area contributed by atoms with E-state index in [9.17, 15) is 9.59 Å². The normalized spacial score (nSPS) is 10.0. The highest BCUT2D eigenvalue weighted by molar-refractivity contribution is 5.84. The van der Waals surface area contributed by atoms with Crippen molar-refractivity contribution in [1.29, 1.82) is 0 Å². The molecule has 0 radical (unpaired) electrons. The Morgan fingerprint density at radius 3 is 2.55 bits per heavy atom. The third-order valence-electron chi connectivity index (χ3n) is 0.946. The minimum absolute atomic E-state index is 0.0329. The first-order valence-electron chi connectivity index (χ1n) is 3.49. The van der Waals surface area contributed by atoms with Gasteiger partial charge in [0.1, 0.15) is 5.78 Å². The van der Waals surface area contributed by atoms with Crippen molar-refractivity contribution in [3.05, 3.63) is 12.2 Å². The van der Waals surface area contributed by atoms with Crippen molar-refractivity contribution < 1.29 is 14.3 Å². The van der Waals surface area contributed by atoms with Crippen LogP contribution < -0.4 is 0 Å². The molecule has 0 aromatic rings. The van der Waals surface area contributed by atoms with Crippen molar-refractivity contribution in [2.75, 3.05) is 6.61 Å². The summed E-state index contributed by atoms with van der Waals surface area (Å²) in [5, 5.41) is 0. The van der Waals surface area contributed by atoms with Crippen molar-refractivity contribution >= 4 is 11.8 Å². The first kappa shape index (κ1) is 9.88. The van der Waals surface area contributed by atoms with Crippen molar-refractivity contribution in [1.82, 2.24) is 0 Å². The Balaban J connectivity index is 3.56. The van der Waals surface area contributed by atoms with Crippen LogP contribution in [0.4, 0.5) is 0 Å². The summed E-state index contributed by atoms with van der Waals surface area (Å²) in [6, 6.07) is 0. The van der Waals surface area contributed by atoms with Gasteiger partial charge < -0.3 is 4.74 Å². The predicted octanol–water partition coefficient (Wildman–Crippen LogP) is 1.08. The maximum absolute atomic E-state index is 10.6. The number of esters is 1. The minimum atomic E-state index is -0.395. The predicted molar refractivity (Wildman–Crippen MR) is 41.1 cm³/mol. The van der Waals surface area contributed by atoms with Crippen LogP contribution in [-0.4, -0.2) is 18.4 Å². The van der Waals surface area contributed by atoms with Crippen molar-refractivity contribution in [3.8, 4) is 0 Å². The fourth-order valence-electron chi connectivity index (χ4n) is 0.511. The quantitative estimate of drug-likeness (QED) is 0.452. The maximum Gasteiger partial charge on any atom is 0.330 e. The van der Waals surface area contributed by atoms with Gasteiger partial charge >= 0.3 is 5.97 Å². The van der Waals surface area contributed by atoms with Gasteiger partial charge in [0.25, 0.3) is 0 Å². The Morgan fingerprint density at radius 1 is 1.45 bits per heavy atom. The fraction of sp³-hybridized carbons (Fsp3) is 0.500. The van der Waals surface area contributed by atoms with Gasteiger partial charge in [0.2, 0.25) is 0 Å². The number of hydrogen-bond acceptors (Lipinski definition) is 3. The van der Waals surface area contributed by atoms with E-state index in [0.717, 1.165) is 0 Å². The Labute approximate surface area is 66.0 Å². The Hall–Kier alpha value is -1.12. The van der Waals surface area contributed by atoms with Gasteiger partial charge in [-0.2, -0.15) is 0 Å². The van der Waals surface area contributed by atoms with E-state index in [1.165, 1.54) is 19.1 Å². The van der Waals surface area contributed by atoms with Gasteiger partial charge in [-0.3, -0.25) is 4.79 Å². The van der Waals surface area contributed by atoms with Gasteiger partial charge in [0.15, 0.2) is 0 Å². The molecule has 0 heterocycles. The summed E-state index contributed by atoms with van der Waals surface area (Å²) in [6.45, 7) is 3.56. The molecule has 0 aliphatic carbocycles. The summed E-state index contributed by atoms with van der Waals surface area (Å²) in [7, 11) is 0. The topological polar surface area (TPSA) is 43.4 Å². The SMILES string of the molecule is CCOC(=O)C=CCC(C)=O. The van der Waals surface area contributed by atoms with E-state index in [1.807, 2.05) is 0 Å². The first-order chi connectivity index (χ1) is 5.16. The first-order valence-corrected chi connectivity index (χ1v) is 3.49. The number of rotatable bonds is 4. The molecule has 0 bridgehead atoms. The monoisotopic (exact) mass is 156 g/mol. The standard InChI is InChI=1S/C8H12O3/c1-3-11-8(10)6-4-5-7(2)9/h4,6H,3,5H2,1-2H3. The van der Waals surface area contributed by atoms with E-state index >= 15 is 0 Å². The lowest BCUT2D eigenvalue weighted by Gasteiger charge is -1.93. The van der Waals surface area contributed by atoms with Crippen molar-refractivity contribution in [2.24, 2.45) is 0 Å². The van der Waals surface area contributed by atoms with Crippen LogP contribution in [0.15, 0.2) is 12.2 Å². The lowest BCUT2D eigenvalue weighted by atomic mass is 10.3. The lowest BCUT2D eigenvalue weighted by Crippen LogP contribution is -1.99. The lowest BCUT2D eigenvalue weighted by molar-refractivity contribution is -0.137. The highest BCUT2D eigenvalue weighted by Gasteiger charge is 1.92. The van der Waals surface area contributed by atoms with Crippen LogP contribution in [-0.2, 0) is 14.3 Å². The molecule has 0 unspecified atom stereocenters. The van der Waals surface area contributed by atoms with E-state index < -0.39 is 5.97 Å². The Morgan fingerprint density at radius 2 is 2.09 bits per heavy atom. The zero-order valence-corrected chi connectivity index (χ0v) is 6.79. The summed E-state index contributed by atoms with van der Waals surface area (Å²) in [4.78, 5) is 21.0. The van der Waals surface area contributed by atoms with Crippen LogP contribution >= 0.6 is 0 Å². The number of carbonyl (C=O) groups is 2. The molecule has 3 nitrogen and oxygen atoms in total. The van der Waals surface area contributed by atoms with Gasteiger partial charge in [-0.25, -0.2) is 4.79 Å². The molecule has 11 heavy (non-hydrogen) atoms. The third kappa shape index (κ3) is 6.77. The number of ketones is 1. The van der Waals surface area contributed by atoms with Gasteiger partial charge in [-0.1, -0.05) is 6.08 Å². The van der Waals surface area contributed by atoms with E-state index in [4.69, 9.17) is 0 Å². The summed E-state index contributed by atoms with van der Waals surface area (Å²) in [5.74, 6) is -0.362. The van der Waals surface area contributed by atoms with E-state index in [1.54, 1.807) is 6.92 Å². The molecule has 0 saturated heterocycles. The number of allylic oxidation sites excluding steroid dienone is 1. The molecule has 62 valence electrons. The van der Waals surface area contributed by atoms with E-state index in [-0.39, 0.29) is 5.78 Å². The van der Waals surface area contributed by atoms with Gasteiger partial charge in [0, 0.05) is 12.5 Å². The average Bonchev–Trinajstić information content (AvgIpc) is 1.87. The minimum Gasteiger partial charge on any atom is -0.463 e. The van der Waals surface area contributed by atoms with Crippen molar-refractivity contribution in [2.45, 2.75) is 20.3 Å². The van der Waals surface area contributed by atoms with Crippen LogP contribution in [0, 0.1) is 0 Å². The molecular formula is C8H12O3. The molecule has 0 aromatic carbocycles. The molecule has 0 aliphatic heterocycles. The summed E-state index contributed by atoms with van der Waals surface area (Å²) >= 11 is 0. The molecule has 0 rings (SSSR count). The molecule has 3 heteroatoms. The van der Waals surface area contributed by atoms with Crippen LogP contribution in [0.3, 0.4) is 0 Å².